The molecule has 4 nitrogen and oxygen atoms in total. The summed E-state index contributed by atoms with van der Waals surface area (Å²) in [5.74, 6) is 0. The Balaban J connectivity index is 3.19. The first-order valence-electron chi connectivity index (χ1n) is 5.41. The minimum Gasteiger partial charge on any atom is -0.275 e. The summed E-state index contributed by atoms with van der Waals surface area (Å²) in [5.41, 5.74) is 5.19. The second-order valence-corrected chi connectivity index (χ2v) is 12.9. The molecule has 0 aliphatic carbocycles. The van der Waals surface area contributed by atoms with E-state index >= 15 is 0 Å². The minimum atomic E-state index is -1.26. The van der Waals surface area contributed by atoms with Crippen LogP contribution in [0.2, 0.25) is 0 Å². The van der Waals surface area contributed by atoms with E-state index in [9.17, 15) is 0 Å². The van der Waals surface area contributed by atoms with Gasteiger partial charge in [0.2, 0.25) is 0 Å². The molecular formula is C10H26N4P2. The highest BCUT2D eigenvalue weighted by molar-refractivity contribution is 8.18. The highest BCUT2D eigenvalue weighted by atomic mass is 31.2. The van der Waals surface area contributed by atoms with Crippen LogP contribution < -0.4 is 0 Å². The van der Waals surface area contributed by atoms with E-state index in [-0.39, 0.29) is 0 Å². The lowest BCUT2D eigenvalue weighted by atomic mass is 11.3. The quantitative estimate of drug-likeness (QED) is 0.713. The molecule has 0 bridgehead atoms. The zero-order valence-electron chi connectivity index (χ0n) is 11.8. The summed E-state index contributed by atoms with van der Waals surface area (Å²) in [6.07, 6.45) is 0. The van der Waals surface area contributed by atoms with Crippen molar-refractivity contribution in [1.82, 2.24) is 18.7 Å². The highest BCUT2D eigenvalue weighted by Gasteiger charge is 2.38. The molecule has 0 aromatic carbocycles. The van der Waals surface area contributed by atoms with Crippen molar-refractivity contribution >= 4 is 25.5 Å². The average molecular weight is 264 g/mol. The monoisotopic (exact) mass is 264 g/mol. The molecule has 0 spiro atoms. The van der Waals surface area contributed by atoms with Crippen LogP contribution in [0.3, 0.4) is 0 Å². The smallest absolute Gasteiger partial charge is 0.0419 e. The molecule has 96 valence electrons. The first-order chi connectivity index (χ1) is 7.19. The molecule has 1 aliphatic rings. The Hall–Kier alpha value is 0.440. The molecule has 0 N–H and O–H groups in total. The predicted octanol–water partition coefficient (Wildman–Crippen LogP) is 1.46. The molecule has 0 saturated carbocycles. The highest BCUT2D eigenvalue weighted by Crippen LogP contribution is 2.71. The summed E-state index contributed by atoms with van der Waals surface area (Å²) >= 11 is 0. The largest absolute Gasteiger partial charge is 0.275 e. The molecule has 0 amide bonds. The molecule has 0 radical (unpaired) electrons. The van der Waals surface area contributed by atoms with Crippen LogP contribution in [0.25, 0.3) is 0 Å². The Morgan fingerprint density at radius 1 is 0.500 bits per heavy atom. The molecule has 0 atom stereocenters. The molecule has 1 heterocycles. The van der Waals surface area contributed by atoms with Gasteiger partial charge < -0.3 is 0 Å². The summed E-state index contributed by atoms with van der Waals surface area (Å²) in [6.45, 7) is 0. The van der Waals surface area contributed by atoms with Gasteiger partial charge in [-0.1, -0.05) is 0 Å². The van der Waals surface area contributed by atoms with Gasteiger partial charge in [0.05, 0.1) is 0 Å². The maximum absolute atomic E-state index is 2.60. The van der Waals surface area contributed by atoms with Crippen LogP contribution in [0.5, 0.6) is 0 Å². The summed E-state index contributed by atoms with van der Waals surface area (Å²) in [7, 11) is 14.9. The summed E-state index contributed by atoms with van der Waals surface area (Å²) in [5, 5.41) is 0. The fourth-order valence-electron chi connectivity index (χ4n) is 2.03. The Labute approximate surface area is 101 Å². The zero-order chi connectivity index (χ0) is 12.7. The molecule has 0 aromatic rings. The molecule has 1 aliphatic heterocycles. The predicted molar refractivity (Wildman–Crippen MR) is 80.7 cm³/mol. The number of hydrogen-bond acceptors (Lipinski definition) is 4. The zero-order valence-corrected chi connectivity index (χ0v) is 13.6. The van der Waals surface area contributed by atoms with Gasteiger partial charge in [0, 0.05) is 14.4 Å². The number of hydrogen-bond donors (Lipinski definition) is 0. The minimum absolute atomic E-state index is 1.26. The van der Waals surface area contributed by atoms with E-state index in [0.29, 0.717) is 0 Å². The fourth-order valence-corrected chi connectivity index (χ4v) is 14.0. The summed E-state index contributed by atoms with van der Waals surface area (Å²) < 4.78 is 9.49. The van der Waals surface area contributed by atoms with Gasteiger partial charge in [0.1, 0.15) is 0 Å². The van der Waals surface area contributed by atoms with Crippen LogP contribution in [0, 0.1) is 0 Å². The third kappa shape index (κ3) is 1.96. The fraction of sp³-hybridized carbons (Fsp3) is 0.800. The van der Waals surface area contributed by atoms with Crippen molar-refractivity contribution < 1.29 is 0 Å². The van der Waals surface area contributed by atoms with E-state index in [2.05, 4.69) is 86.1 Å². The van der Waals surface area contributed by atoms with Crippen LogP contribution in [0.15, 0.2) is 0 Å². The molecule has 1 rings (SSSR count). The van der Waals surface area contributed by atoms with Crippen LogP contribution >= 0.6 is 14.4 Å². The third-order valence-corrected chi connectivity index (χ3v) is 13.8. The number of rotatable bonds is 4. The normalized spacial score (nSPS) is 22.2. The van der Waals surface area contributed by atoms with Gasteiger partial charge >= 0.3 is 0 Å². The topological polar surface area (TPSA) is 13.0 Å². The standard InChI is InChI=1S/C10H26N4P2/c1-11(2)15(12(3)4)9-16(10-15,13(5)6)14(7)8/h9-10H,1-8H3. The molecule has 0 unspecified atom stereocenters. The van der Waals surface area contributed by atoms with Gasteiger partial charge in [0.15, 0.2) is 0 Å². The van der Waals surface area contributed by atoms with Gasteiger partial charge in [-0.2, -0.15) is 0 Å². The number of nitrogens with zero attached hydrogens (tertiary/aromatic N) is 4. The maximum atomic E-state index is 2.60. The van der Waals surface area contributed by atoms with E-state index in [1.807, 2.05) is 0 Å². The van der Waals surface area contributed by atoms with Crippen LogP contribution in [0.1, 0.15) is 0 Å². The molecule has 0 saturated heterocycles. The lowest BCUT2D eigenvalue weighted by molar-refractivity contribution is 0.572. The van der Waals surface area contributed by atoms with Crippen molar-refractivity contribution in [2.75, 3.05) is 56.4 Å². The van der Waals surface area contributed by atoms with Gasteiger partial charge in [-0.05, 0) is 67.5 Å². The molecule has 0 aromatic heterocycles. The first kappa shape index (κ1) is 14.5. The summed E-state index contributed by atoms with van der Waals surface area (Å²) in [6, 6.07) is 0. The Kier molecular flexibility index (Phi) is 4.17. The van der Waals surface area contributed by atoms with Crippen molar-refractivity contribution in [3.63, 3.8) is 0 Å². The second kappa shape index (κ2) is 4.61. The van der Waals surface area contributed by atoms with Crippen LogP contribution in [-0.2, 0) is 0 Å². The lowest BCUT2D eigenvalue weighted by Crippen LogP contribution is -2.35. The van der Waals surface area contributed by atoms with Gasteiger partial charge in [-0.25, -0.2) is 0 Å². The Bertz CT molecular complexity index is 298. The molecule has 6 heteroatoms. The van der Waals surface area contributed by atoms with Gasteiger partial charge in [-0.3, -0.25) is 18.7 Å². The molecular weight excluding hydrogens is 238 g/mol. The van der Waals surface area contributed by atoms with E-state index in [4.69, 9.17) is 0 Å². The first-order valence-corrected chi connectivity index (χ1v) is 9.08. The van der Waals surface area contributed by atoms with E-state index < -0.39 is 14.4 Å². The van der Waals surface area contributed by atoms with Crippen molar-refractivity contribution in [2.45, 2.75) is 0 Å². The van der Waals surface area contributed by atoms with E-state index in [0.717, 1.165) is 0 Å². The Morgan fingerprint density at radius 2 is 0.688 bits per heavy atom. The SMILES string of the molecule is CN(C)P1(N(C)C)=CP(N(C)C)(N(C)C)=C1. The third-order valence-electron chi connectivity index (χ3n) is 3.24. The van der Waals surface area contributed by atoms with Crippen molar-refractivity contribution in [3.05, 3.63) is 0 Å². The molecule has 16 heavy (non-hydrogen) atoms. The van der Waals surface area contributed by atoms with E-state index in [1.54, 1.807) is 0 Å². The van der Waals surface area contributed by atoms with Gasteiger partial charge in [0.25, 0.3) is 0 Å². The van der Waals surface area contributed by atoms with E-state index in [1.165, 1.54) is 0 Å². The van der Waals surface area contributed by atoms with Gasteiger partial charge in [-0.15, -0.1) is 0 Å². The van der Waals surface area contributed by atoms with Crippen LogP contribution in [0.4, 0.5) is 0 Å². The second-order valence-electron chi connectivity index (χ2n) is 5.02. The van der Waals surface area contributed by atoms with Crippen molar-refractivity contribution in [3.8, 4) is 0 Å². The van der Waals surface area contributed by atoms with Crippen molar-refractivity contribution in [1.29, 1.82) is 0 Å². The Morgan fingerprint density at radius 3 is 0.812 bits per heavy atom. The maximum Gasteiger partial charge on any atom is 0.0419 e. The molecule has 0 fully saturated rings. The summed E-state index contributed by atoms with van der Waals surface area (Å²) in [4.78, 5) is 0. The lowest BCUT2D eigenvalue weighted by Gasteiger charge is -2.51. The van der Waals surface area contributed by atoms with Crippen LogP contribution in [-0.4, -0.2) is 86.1 Å². The average Bonchev–Trinajstić information content (AvgIpc) is 1.98. The van der Waals surface area contributed by atoms with Crippen molar-refractivity contribution in [2.24, 2.45) is 0 Å².